The van der Waals surface area contributed by atoms with Crippen molar-refractivity contribution in [2.24, 2.45) is 11.7 Å². The van der Waals surface area contributed by atoms with Crippen molar-refractivity contribution in [2.75, 3.05) is 60.3 Å². The average Bonchev–Trinajstić information content (AvgIpc) is 3.12. The number of nitrogens with two attached hydrogens (primary N) is 1. The summed E-state index contributed by atoms with van der Waals surface area (Å²) in [6.07, 6.45) is 1.68. The average molecular weight is 698 g/mol. The van der Waals surface area contributed by atoms with Crippen LogP contribution in [0.25, 0.3) is 0 Å². The van der Waals surface area contributed by atoms with Crippen LogP contribution in [0.3, 0.4) is 0 Å². The summed E-state index contributed by atoms with van der Waals surface area (Å²) in [7, 11) is 3.04. The maximum atomic E-state index is 13.3. The van der Waals surface area contributed by atoms with Gasteiger partial charge in [-0.15, -0.1) is 0 Å². The SMILES string of the molecule is COC1CN(C2CCOC(C)C2O)CCO1.COc1cccc2c1C(=O)c1c(O)c3c(c(O)c1C2=O)CC(C(=O)NCCC1(N)COC1)CC3. The molecule has 1 amide bonds. The highest BCUT2D eigenvalue weighted by Crippen LogP contribution is 2.47. The predicted octanol–water partition coefficient (Wildman–Crippen LogP) is 1.05. The summed E-state index contributed by atoms with van der Waals surface area (Å²) in [5.41, 5.74) is 6.17. The number of aliphatic hydroxyl groups excluding tert-OH is 1. The fourth-order valence-corrected chi connectivity index (χ4v) is 7.55. The van der Waals surface area contributed by atoms with E-state index < -0.39 is 29.1 Å². The number of benzene rings is 2. The Balaban J connectivity index is 0.000000226. The predicted molar refractivity (Wildman–Crippen MR) is 179 cm³/mol. The third kappa shape index (κ3) is 6.85. The van der Waals surface area contributed by atoms with Gasteiger partial charge in [-0.25, -0.2) is 0 Å². The summed E-state index contributed by atoms with van der Waals surface area (Å²) < 4.78 is 26.4. The molecule has 3 saturated heterocycles. The molecular formula is C36H47N3O11. The molecule has 50 heavy (non-hydrogen) atoms. The molecule has 14 nitrogen and oxygen atoms in total. The Kier molecular flexibility index (Phi) is 10.8. The molecule has 5 atom stereocenters. The molecule has 2 aromatic rings. The van der Waals surface area contributed by atoms with Gasteiger partial charge in [-0.1, -0.05) is 12.1 Å². The number of nitrogens with one attached hydrogen (secondary N) is 1. The number of ketones is 2. The largest absolute Gasteiger partial charge is 0.507 e. The van der Waals surface area contributed by atoms with Crippen LogP contribution in [0.5, 0.6) is 17.2 Å². The molecule has 3 aliphatic heterocycles. The van der Waals surface area contributed by atoms with Gasteiger partial charge in [0.05, 0.1) is 61.4 Å². The van der Waals surface area contributed by atoms with E-state index in [2.05, 4.69) is 10.2 Å². The van der Waals surface area contributed by atoms with Gasteiger partial charge in [-0.2, -0.15) is 0 Å². The highest BCUT2D eigenvalue weighted by Gasteiger charge is 2.42. The minimum absolute atomic E-state index is 0.0692. The standard InChI is InChI=1S/C25H26N2O7.C11H21NO4/c1-33-16-4-2-3-14-17(16)23(31)19-18(21(14)29)22(30)15-9-12(5-6-13(15)20(19)28)24(32)27-8-7-25(26)10-34-11-25;1-8-11(13)9(3-5-15-8)12-4-6-16-10(7-12)14-2/h2-4,12,28,30H,5-11,26H2,1H3,(H,27,32);8-11,13H,3-7H2,1-2H3. The van der Waals surface area contributed by atoms with Crippen molar-refractivity contribution in [1.29, 1.82) is 0 Å². The second kappa shape index (κ2) is 14.9. The van der Waals surface area contributed by atoms with E-state index in [1.165, 1.54) is 13.2 Å². The first kappa shape index (κ1) is 36.2. The van der Waals surface area contributed by atoms with Gasteiger partial charge in [0, 0.05) is 62.0 Å². The zero-order chi connectivity index (χ0) is 35.7. The fraction of sp³-hybridized carbons (Fsp3) is 0.583. The fourth-order valence-electron chi connectivity index (χ4n) is 7.55. The molecule has 272 valence electrons. The number of amides is 1. The number of rotatable bonds is 7. The number of hydrogen-bond acceptors (Lipinski definition) is 13. The molecule has 0 bridgehead atoms. The third-order valence-electron chi connectivity index (χ3n) is 10.6. The number of morpholine rings is 1. The summed E-state index contributed by atoms with van der Waals surface area (Å²) in [5.74, 6) is -2.20. The van der Waals surface area contributed by atoms with E-state index in [1.807, 2.05) is 6.92 Å². The molecule has 5 aliphatic rings. The molecule has 6 N–H and O–H groups in total. The molecule has 7 rings (SSSR count). The van der Waals surface area contributed by atoms with E-state index in [4.69, 9.17) is 29.4 Å². The van der Waals surface area contributed by atoms with Crippen LogP contribution >= 0.6 is 0 Å². The lowest BCUT2D eigenvalue weighted by Gasteiger charge is -2.43. The van der Waals surface area contributed by atoms with Crippen molar-refractivity contribution in [2.45, 2.75) is 69.1 Å². The van der Waals surface area contributed by atoms with E-state index in [9.17, 15) is 29.7 Å². The number of nitrogens with zero attached hydrogens (tertiary/aromatic N) is 1. The van der Waals surface area contributed by atoms with Gasteiger partial charge in [-0.05, 0) is 45.1 Å². The first-order valence-electron chi connectivity index (χ1n) is 17.2. The molecule has 14 heteroatoms. The number of carbonyl (C=O) groups excluding carboxylic acids is 3. The van der Waals surface area contributed by atoms with Gasteiger partial charge in [-0.3, -0.25) is 19.3 Å². The summed E-state index contributed by atoms with van der Waals surface area (Å²) in [4.78, 5) is 41.6. The van der Waals surface area contributed by atoms with Crippen LogP contribution in [0.1, 0.15) is 69.2 Å². The molecule has 2 aliphatic carbocycles. The lowest BCUT2D eigenvalue weighted by atomic mass is 9.75. The smallest absolute Gasteiger partial charge is 0.223 e. The summed E-state index contributed by atoms with van der Waals surface area (Å²) in [6.45, 7) is 6.24. The van der Waals surface area contributed by atoms with Crippen molar-refractivity contribution in [3.8, 4) is 17.2 Å². The third-order valence-corrected chi connectivity index (χ3v) is 10.6. The number of fused-ring (bicyclic) bond motifs is 3. The zero-order valence-corrected chi connectivity index (χ0v) is 28.7. The number of phenolic OH excluding ortho intramolecular Hbond substituents is 2. The van der Waals surface area contributed by atoms with E-state index in [1.54, 1.807) is 19.2 Å². The molecule has 0 radical (unpaired) electrons. The molecule has 5 unspecified atom stereocenters. The van der Waals surface area contributed by atoms with Crippen LogP contribution in [0.15, 0.2) is 18.2 Å². The maximum Gasteiger partial charge on any atom is 0.223 e. The van der Waals surface area contributed by atoms with Crippen molar-refractivity contribution < 1.29 is 53.4 Å². The lowest BCUT2D eigenvalue weighted by Crippen LogP contribution is -2.58. The number of methoxy groups -OCH3 is 2. The Labute approximate surface area is 290 Å². The Bertz CT molecular complexity index is 1630. The second-order valence-electron chi connectivity index (χ2n) is 13.7. The maximum absolute atomic E-state index is 13.3. The molecule has 3 fully saturated rings. The van der Waals surface area contributed by atoms with Gasteiger partial charge in [0.2, 0.25) is 11.7 Å². The van der Waals surface area contributed by atoms with Crippen LogP contribution in [0.4, 0.5) is 0 Å². The number of hydrogen-bond donors (Lipinski definition) is 5. The van der Waals surface area contributed by atoms with Crippen molar-refractivity contribution in [3.63, 3.8) is 0 Å². The van der Waals surface area contributed by atoms with Crippen LogP contribution in [-0.2, 0) is 36.6 Å². The summed E-state index contributed by atoms with van der Waals surface area (Å²) in [5, 5.41) is 35.1. The van der Waals surface area contributed by atoms with Gasteiger partial charge in [0.15, 0.2) is 12.1 Å². The lowest BCUT2D eigenvalue weighted by molar-refractivity contribution is -0.190. The molecule has 3 heterocycles. The van der Waals surface area contributed by atoms with E-state index in [0.717, 1.165) is 26.1 Å². The zero-order valence-electron chi connectivity index (χ0n) is 28.7. The number of ether oxygens (including phenoxy) is 5. The van der Waals surface area contributed by atoms with Crippen molar-refractivity contribution >= 4 is 17.5 Å². The minimum Gasteiger partial charge on any atom is -0.507 e. The number of carbonyl (C=O) groups is 3. The second-order valence-corrected chi connectivity index (χ2v) is 13.7. The quantitative estimate of drug-likeness (QED) is 0.220. The highest BCUT2D eigenvalue weighted by atomic mass is 16.7. The van der Waals surface area contributed by atoms with Gasteiger partial charge >= 0.3 is 0 Å². The van der Waals surface area contributed by atoms with Crippen molar-refractivity contribution in [3.05, 3.63) is 51.6 Å². The van der Waals surface area contributed by atoms with E-state index in [-0.39, 0.29) is 76.7 Å². The molecular weight excluding hydrogens is 650 g/mol. The van der Waals surface area contributed by atoms with Crippen LogP contribution in [-0.4, -0.2) is 128 Å². The minimum atomic E-state index is -0.576. The Hall–Kier alpha value is -3.63. The van der Waals surface area contributed by atoms with Gasteiger partial charge in [0.25, 0.3) is 0 Å². The molecule has 2 aromatic carbocycles. The normalized spacial score (nSPS) is 27.1. The highest BCUT2D eigenvalue weighted by molar-refractivity contribution is 6.31. The Morgan fingerprint density at radius 3 is 2.48 bits per heavy atom. The Morgan fingerprint density at radius 2 is 1.78 bits per heavy atom. The molecule has 0 saturated carbocycles. The topological polar surface area (TPSA) is 199 Å². The van der Waals surface area contributed by atoms with E-state index in [0.29, 0.717) is 50.3 Å². The molecule has 0 spiro atoms. The van der Waals surface area contributed by atoms with E-state index >= 15 is 0 Å². The number of aliphatic hydroxyl groups is 1. The monoisotopic (exact) mass is 697 g/mol. The van der Waals surface area contributed by atoms with Crippen LogP contribution in [0.2, 0.25) is 0 Å². The number of aromatic hydroxyl groups is 2. The summed E-state index contributed by atoms with van der Waals surface area (Å²) in [6, 6.07) is 4.82. The first-order chi connectivity index (χ1) is 24.0. The van der Waals surface area contributed by atoms with Crippen LogP contribution in [0, 0.1) is 5.92 Å². The van der Waals surface area contributed by atoms with Crippen LogP contribution < -0.4 is 15.8 Å². The molecule has 0 aromatic heterocycles. The Morgan fingerprint density at radius 1 is 1.04 bits per heavy atom. The van der Waals surface area contributed by atoms with Gasteiger partial charge in [0.1, 0.15) is 17.2 Å². The van der Waals surface area contributed by atoms with Crippen molar-refractivity contribution in [1.82, 2.24) is 10.2 Å². The first-order valence-corrected chi connectivity index (χ1v) is 17.2. The van der Waals surface area contributed by atoms with Gasteiger partial charge < -0.3 is 50.1 Å². The summed E-state index contributed by atoms with van der Waals surface area (Å²) >= 11 is 0. The number of phenols is 2.